The summed E-state index contributed by atoms with van der Waals surface area (Å²) >= 11 is 9.12. The van der Waals surface area contributed by atoms with Crippen molar-refractivity contribution in [1.82, 2.24) is 5.32 Å². The molecule has 0 aliphatic rings. The van der Waals surface area contributed by atoms with Gasteiger partial charge in [0.05, 0.1) is 4.34 Å². The van der Waals surface area contributed by atoms with E-state index in [1.165, 1.54) is 10.9 Å². The van der Waals surface area contributed by atoms with Crippen LogP contribution in [0.25, 0.3) is 0 Å². The Morgan fingerprint density at radius 2 is 2.10 bits per heavy atom. The molecule has 0 fully saturated rings. The maximum absolute atomic E-state index is 13.6. The minimum atomic E-state index is -0.146. The predicted octanol–water partition coefficient (Wildman–Crippen LogP) is 4.85. The summed E-state index contributed by atoms with van der Waals surface area (Å²) in [5, 5.41) is 3.45. The molecule has 0 radical (unpaired) electrons. The summed E-state index contributed by atoms with van der Waals surface area (Å²) in [7, 11) is 0. The zero-order valence-corrected chi connectivity index (χ0v) is 13.6. The first-order valence-corrected chi connectivity index (χ1v) is 8.72. The topological polar surface area (TPSA) is 12.0 Å². The lowest BCUT2D eigenvalue weighted by Gasteiger charge is -2.16. The van der Waals surface area contributed by atoms with Gasteiger partial charge in [-0.25, -0.2) is 4.39 Å². The average molecular weight is 330 g/mol. The number of nitrogens with one attached hydrogen (secondary N) is 1. The Bertz CT molecular complexity index is 544. The lowest BCUT2D eigenvalue weighted by molar-refractivity contribution is 0.574. The molecule has 1 aromatic heterocycles. The molecule has 0 bridgehead atoms. The summed E-state index contributed by atoms with van der Waals surface area (Å²) in [6.45, 7) is 2.99. The molecule has 0 saturated heterocycles. The largest absolute Gasteiger partial charge is 0.313 e. The van der Waals surface area contributed by atoms with Gasteiger partial charge in [-0.05, 0) is 37.2 Å². The van der Waals surface area contributed by atoms with Gasteiger partial charge in [-0.1, -0.05) is 30.7 Å². The molecule has 1 aromatic carbocycles. The number of thioether (sulfide) groups is 1. The van der Waals surface area contributed by atoms with E-state index in [2.05, 4.69) is 18.3 Å². The molecule has 1 N–H and O–H groups in total. The SMILES string of the molecule is CCNC(CSc1ccccc1F)Cc1ccc(Cl)s1. The van der Waals surface area contributed by atoms with Crippen molar-refractivity contribution >= 4 is 34.7 Å². The lowest BCUT2D eigenvalue weighted by atomic mass is 10.2. The van der Waals surface area contributed by atoms with Crippen LogP contribution in [-0.2, 0) is 6.42 Å². The first-order chi connectivity index (χ1) is 9.69. The third kappa shape index (κ3) is 4.77. The van der Waals surface area contributed by atoms with Crippen LogP contribution in [0.3, 0.4) is 0 Å². The van der Waals surface area contributed by atoms with Crippen LogP contribution < -0.4 is 5.32 Å². The molecule has 1 unspecified atom stereocenters. The van der Waals surface area contributed by atoms with Crippen LogP contribution in [0.4, 0.5) is 4.39 Å². The minimum absolute atomic E-state index is 0.146. The standard InChI is InChI=1S/C15H17ClFNS2/c1-2-18-11(9-12-7-8-15(16)20-12)10-19-14-6-4-3-5-13(14)17/h3-8,11,18H,2,9-10H2,1H3. The summed E-state index contributed by atoms with van der Waals surface area (Å²) in [6, 6.07) is 11.2. The van der Waals surface area contributed by atoms with E-state index in [-0.39, 0.29) is 5.82 Å². The summed E-state index contributed by atoms with van der Waals surface area (Å²) in [4.78, 5) is 1.97. The molecular formula is C15H17ClFNS2. The number of rotatable bonds is 7. The van der Waals surface area contributed by atoms with Gasteiger partial charge >= 0.3 is 0 Å². The average Bonchev–Trinajstić information content (AvgIpc) is 2.83. The molecule has 0 aliphatic carbocycles. The van der Waals surface area contributed by atoms with Crippen LogP contribution in [0.5, 0.6) is 0 Å². The molecule has 2 aromatic rings. The molecule has 0 amide bonds. The van der Waals surface area contributed by atoms with Gasteiger partial charge in [0, 0.05) is 21.6 Å². The minimum Gasteiger partial charge on any atom is -0.313 e. The highest BCUT2D eigenvalue weighted by Gasteiger charge is 2.12. The zero-order chi connectivity index (χ0) is 14.4. The van der Waals surface area contributed by atoms with E-state index < -0.39 is 0 Å². The van der Waals surface area contributed by atoms with Crippen LogP contribution in [0.1, 0.15) is 11.8 Å². The van der Waals surface area contributed by atoms with Crippen molar-refractivity contribution in [3.8, 4) is 0 Å². The van der Waals surface area contributed by atoms with E-state index >= 15 is 0 Å². The number of hydrogen-bond donors (Lipinski definition) is 1. The first-order valence-electron chi connectivity index (χ1n) is 6.54. The lowest BCUT2D eigenvalue weighted by Crippen LogP contribution is -2.33. The van der Waals surface area contributed by atoms with Gasteiger partial charge < -0.3 is 5.32 Å². The molecule has 108 valence electrons. The number of thiophene rings is 1. The van der Waals surface area contributed by atoms with Crippen molar-refractivity contribution in [1.29, 1.82) is 0 Å². The van der Waals surface area contributed by atoms with Gasteiger partial charge in [0.1, 0.15) is 5.82 Å². The Hall–Kier alpha value is -0.550. The molecule has 1 heterocycles. The van der Waals surface area contributed by atoms with E-state index in [9.17, 15) is 4.39 Å². The Labute approximate surface area is 132 Å². The monoisotopic (exact) mass is 329 g/mol. The molecule has 0 spiro atoms. The van der Waals surface area contributed by atoms with Crippen LogP contribution in [0.15, 0.2) is 41.3 Å². The normalized spacial score (nSPS) is 12.6. The number of benzene rings is 1. The Balaban J connectivity index is 1.94. The maximum Gasteiger partial charge on any atom is 0.136 e. The van der Waals surface area contributed by atoms with E-state index in [1.807, 2.05) is 18.2 Å². The van der Waals surface area contributed by atoms with Crippen molar-refractivity contribution in [3.63, 3.8) is 0 Å². The van der Waals surface area contributed by atoms with Gasteiger partial charge in [0.25, 0.3) is 0 Å². The Morgan fingerprint density at radius 3 is 2.75 bits per heavy atom. The molecule has 20 heavy (non-hydrogen) atoms. The van der Waals surface area contributed by atoms with Gasteiger partial charge in [0.2, 0.25) is 0 Å². The van der Waals surface area contributed by atoms with Gasteiger partial charge in [-0.3, -0.25) is 0 Å². The summed E-state index contributed by atoms with van der Waals surface area (Å²) in [5.41, 5.74) is 0. The van der Waals surface area contributed by atoms with Gasteiger partial charge in [-0.15, -0.1) is 23.1 Å². The molecule has 5 heteroatoms. The van der Waals surface area contributed by atoms with Crippen molar-refractivity contribution in [2.45, 2.75) is 24.3 Å². The van der Waals surface area contributed by atoms with Gasteiger partial charge in [0.15, 0.2) is 0 Å². The molecule has 0 saturated carbocycles. The molecular weight excluding hydrogens is 313 g/mol. The quantitative estimate of drug-likeness (QED) is 0.728. The fraction of sp³-hybridized carbons (Fsp3) is 0.333. The predicted molar refractivity (Wildman–Crippen MR) is 87.6 cm³/mol. The molecule has 1 atom stereocenters. The van der Waals surface area contributed by atoms with Crippen LogP contribution in [-0.4, -0.2) is 18.3 Å². The fourth-order valence-corrected chi connectivity index (χ4v) is 4.10. The van der Waals surface area contributed by atoms with Crippen molar-refractivity contribution < 1.29 is 4.39 Å². The fourth-order valence-electron chi connectivity index (χ4n) is 1.94. The summed E-state index contributed by atoms with van der Waals surface area (Å²) in [5.74, 6) is 0.691. The number of halogens is 2. The maximum atomic E-state index is 13.6. The Kier molecular flexibility index (Phi) is 6.36. The van der Waals surface area contributed by atoms with E-state index in [0.29, 0.717) is 10.9 Å². The molecule has 1 nitrogen and oxygen atoms in total. The second-order valence-electron chi connectivity index (χ2n) is 4.41. The first kappa shape index (κ1) is 15.8. The third-order valence-corrected chi connectivity index (χ3v) is 5.31. The summed E-state index contributed by atoms with van der Waals surface area (Å²) < 4.78 is 14.4. The van der Waals surface area contributed by atoms with Crippen LogP contribution in [0.2, 0.25) is 4.34 Å². The Morgan fingerprint density at radius 1 is 1.30 bits per heavy atom. The summed E-state index contributed by atoms with van der Waals surface area (Å²) in [6.07, 6.45) is 0.923. The molecule has 2 rings (SSSR count). The highest BCUT2D eigenvalue weighted by Crippen LogP contribution is 2.25. The van der Waals surface area contributed by atoms with E-state index in [1.54, 1.807) is 29.2 Å². The zero-order valence-electron chi connectivity index (χ0n) is 11.2. The van der Waals surface area contributed by atoms with Crippen molar-refractivity contribution in [2.75, 3.05) is 12.3 Å². The highest BCUT2D eigenvalue weighted by molar-refractivity contribution is 7.99. The van der Waals surface area contributed by atoms with Crippen LogP contribution >= 0.6 is 34.7 Å². The van der Waals surface area contributed by atoms with Crippen molar-refractivity contribution in [3.05, 3.63) is 51.4 Å². The number of likely N-dealkylation sites (N-methyl/N-ethyl adjacent to an activating group) is 1. The highest BCUT2D eigenvalue weighted by atomic mass is 35.5. The third-order valence-electron chi connectivity index (χ3n) is 2.85. The van der Waals surface area contributed by atoms with Crippen LogP contribution in [0, 0.1) is 5.82 Å². The van der Waals surface area contributed by atoms with E-state index in [4.69, 9.17) is 11.6 Å². The number of hydrogen-bond acceptors (Lipinski definition) is 3. The van der Waals surface area contributed by atoms with Crippen molar-refractivity contribution in [2.24, 2.45) is 0 Å². The second kappa shape index (κ2) is 8.03. The smallest absolute Gasteiger partial charge is 0.136 e. The van der Waals surface area contributed by atoms with E-state index in [0.717, 1.165) is 23.1 Å². The second-order valence-corrected chi connectivity index (χ2v) is 7.27. The van der Waals surface area contributed by atoms with Gasteiger partial charge in [-0.2, -0.15) is 0 Å². The molecule has 0 aliphatic heterocycles.